The number of aryl methyl sites for hydroxylation is 1. The highest BCUT2D eigenvalue weighted by molar-refractivity contribution is 9.10. The minimum absolute atomic E-state index is 0.295. The summed E-state index contributed by atoms with van der Waals surface area (Å²) in [7, 11) is 1.63. The fraction of sp³-hybridized carbons (Fsp3) is 0.250. The Labute approximate surface area is 173 Å². The van der Waals surface area contributed by atoms with Gasteiger partial charge in [-0.15, -0.1) is 0 Å². The molecule has 3 heterocycles. The third-order valence-electron chi connectivity index (χ3n) is 4.59. The van der Waals surface area contributed by atoms with E-state index in [0.29, 0.717) is 53.5 Å². The smallest absolute Gasteiger partial charge is 0.330 e. The van der Waals surface area contributed by atoms with E-state index >= 15 is 0 Å². The van der Waals surface area contributed by atoms with E-state index in [4.69, 9.17) is 9.15 Å². The van der Waals surface area contributed by atoms with Crippen LogP contribution in [0.1, 0.15) is 12.0 Å². The van der Waals surface area contributed by atoms with Gasteiger partial charge >= 0.3 is 5.69 Å². The Bertz CT molecular complexity index is 1250. The zero-order chi connectivity index (χ0) is 20.4. The second-order valence-electron chi connectivity index (χ2n) is 6.54. The number of nitrogens with zero attached hydrogens (tertiary/aromatic N) is 3. The van der Waals surface area contributed by atoms with Gasteiger partial charge in [-0.3, -0.25) is 14.3 Å². The molecule has 1 aromatic carbocycles. The topological polar surface area (TPSA) is 95.1 Å². The molecule has 8 nitrogen and oxygen atoms in total. The van der Waals surface area contributed by atoms with E-state index in [1.807, 2.05) is 30.3 Å². The summed E-state index contributed by atoms with van der Waals surface area (Å²) in [5, 5.41) is 0. The minimum atomic E-state index is -0.500. The molecule has 0 amide bonds. The summed E-state index contributed by atoms with van der Waals surface area (Å²) < 4.78 is 14.6. The number of hydrogen-bond donors (Lipinski definition) is 1. The van der Waals surface area contributed by atoms with Crippen LogP contribution in [0, 0.1) is 0 Å². The summed E-state index contributed by atoms with van der Waals surface area (Å²) in [6.07, 6.45) is 0.675. The number of hydrogen-bond acceptors (Lipinski definition) is 5. The Morgan fingerprint density at radius 1 is 1.14 bits per heavy atom. The summed E-state index contributed by atoms with van der Waals surface area (Å²) in [5.41, 5.74) is 0.608. The summed E-state index contributed by atoms with van der Waals surface area (Å²) in [4.78, 5) is 32.4. The van der Waals surface area contributed by atoms with Crippen molar-refractivity contribution < 1.29 is 9.15 Å². The molecule has 0 unspecified atom stereocenters. The van der Waals surface area contributed by atoms with E-state index in [2.05, 4.69) is 25.9 Å². The van der Waals surface area contributed by atoms with Crippen molar-refractivity contribution >= 4 is 27.1 Å². The molecule has 9 heteroatoms. The van der Waals surface area contributed by atoms with Gasteiger partial charge in [-0.05, 0) is 40.0 Å². The number of benzene rings is 1. The Kier molecular flexibility index (Phi) is 5.50. The predicted octanol–water partition coefficient (Wildman–Crippen LogP) is 2.99. The highest BCUT2D eigenvalue weighted by atomic mass is 79.9. The number of ether oxygens (including phenoxy) is 1. The maximum atomic E-state index is 12.7. The summed E-state index contributed by atoms with van der Waals surface area (Å²) >= 11 is 3.30. The molecule has 4 aromatic rings. The van der Waals surface area contributed by atoms with E-state index < -0.39 is 11.2 Å². The van der Waals surface area contributed by atoms with Gasteiger partial charge in [0.25, 0.3) is 5.56 Å². The van der Waals surface area contributed by atoms with Crippen LogP contribution in [0.2, 0.25) is 0 Å². The molecule has 0 atom stereocenters. The molecule has 0 aliphatic heterocycles. The molecule has 0 spiro atoms. The maximum absolute atomic E-state index is 12.7. The number of methoxy groups -OCH3 is 1. The van der Waals surface area contributed by atoms with Gasteiger partial charge in [-0.1, -0.05) is 30.3 Å². The van der Waals surface area contributed by atoms with Crippen molar-refractivity contribution in [2.75, 3.05) is 13.7 Å². The SMILES string of the molecule is COCCCn1c(-c2ccc(Br)o2)nc2c1c(=O)[nH]c(=O)n2Cc1ccccc1. The number of nitrogens with one attached hydrogen (secondary N) is 1. The monoisotopic (exact) mass is 458 g/mol. The molecule has 0 radical (unpaired) electrons. The van der Waals surface area contributed by atoms with Gasteiger partial charge in [-0.2, -0.15) is 0 Å². The average molecular weight is 459 g/mol. The minimum Gasteiger partial charge on any atom is -0.446 e. The third kappa shape index (κ3) is 3.83. The van der Waals surface area contributed by atoms with Crippen molar-refractivity contribution in [3.63, 3.8) is 0 Å². The van der Waals surface area contributed by atoms with E-state index in [0.717, 1.165) is 5.56 Å². The molecule has 4 rings (SSSR count). The molecule has 0 aliphatic rings. The van der Waals surface area contributed by atoms with Gasteiger partial charge in [-0.25, -0.2) is 9.78 Å². The first-order valence-corrected chi connectivity index (χ1v) is 9.89. The molecule has 150 valence electrons. The van der Waals surface area contributed by atoms with Crippen LogP contribution < -0.4 is 11.2 Å². The number of imidazole rings is 1. The van der Waals surface area contributed by atoms with Crippen LogP contribution in [0.3, 0.4) is 0 Å². The summed E-state index contributed by atoms with van der Waals surface area (Å²) in [5.74, 6) is 0.989. The van der Waals surface area contributed by atoms with Crippen molar-refractivity contribution in [1.82, 2.24) is 19.1 Å². The zero-order valence-corrected chi connectivity index (χ0v) is 17.3. The maximum Gasteiger partial charge on any atom is 0.330 e. The molecule has 3 aromatic heterocycles. The molecule has 0 saturated heterocycles. The number of fused-ring (bicyclic) bond motifs is 1. The Morgan fingerprint density at radius 2 is 1.93 bits per heavy atom. The molecule has 29 heavy (non-hydrogen) atoms. The van der Waals surface area contributed by atoms with Crippen LogP contribution in [0.25, 0.3) is 22.7 Å². The normalized spacial score (nSPS) is 11.4. The molecular weight excluding hydrogens is 440 g/mol. The number of halogens is 1. The lowest BCUT2D eigenvalue weighted by Gasteiger charge is -2.08. The lowest BCUT2D eigenvalue weighted by molar-refractivity contribution is 0.190. The van der Waals surface area contributed by atoms with Crippen LogP contribution in [0.4, 0.5) is 0 Å². The van der Waals surface area contributed by atoms with Crippen molar-refractivity contribution in [2.24, 2.45) is 0 Å². The van der Waals surface area contributed by atoms with Crippen LogP contribution in [-0.2, 0) is 17.8 Å². The van der Waals surface area contributed by atoms with Gasteiger partial charge < -0.3 is 13.7 Å². The van der Waals surface area contributed by atoms with E-state index in [9.17, 15) is 9.59 Å². The number of H-pyrrole nitrogens is 1. The van der Waals surface area contributed by atoms with Crippen molar-refractivity contribution in [1.29, 1.82) is 0 Å². The first-order chi connectivity index (χ1) is 14.1. The Balaban J connectivity index is 1.93. The van der Waals surface area contributed by atoms with Gasteiger partial charge in [0.2, 0.25) is 0 Å². The largest absolute Gasteiger partial charge is 0.446 e. The number of aromatic amines is 1. The first-order valence-electron chi connectivity index (χ1n) is 9.10. The highest BCUT2D eigenvalue weighted by Gasteiger charge is 2.21. The fourth-order valence-electron chi connectivity index (χ4n) is 3.29. The van der Waals surface area contributed by atoms with E-state index in [-0.39, 0.29) is 0 Å². The van der Waals surface area contributed by atoms with Crippen LogP contribution in [0.5, 0.6) is 0 Å². The lowest BCUT2D eigenvalue weighted by atomic mass is 10.2. The molecular formula is C20H19BrN4O4. The number of rotatable bonds is 7. The van der Waals surface area contributed by atoms with Gasteiger partial charge in [0, 0.05) is 20.3 Å². The van der Waals surface area contributed by atoms with Crippen molar-refractivity contribution in [3.8, 4) is 11.6 Å². The predicted molar refractivity (Wildman–Crippen MR) is 112 cm³/mol. The number of aromatic nitrogens is 4. The molecule has 0 aliphatic carbocycles. The molecule has 0 bridgehead atoms. The molecule has 0 fully saturated rings. The molecule has 0 saturated carbocycles. The first kappa shape index (κ1) is 19.4. The van der Waals surface area contributed by atoms with E-state index in [1.165, 1.54) is 4.57 Å². The average Bonchev–Trinajstić information content (AvgIpc) is 3.30. The number of furan rings is 1. The van der Waals surface area contributed by atoms with Crippen LogP contribution in [-0.4, -0.2) is 32.8 Å². The Hall–Kier alpha value is -2.91. The van der Waals surface area contributed by atoms with Gasteiger partial charge in [0.1, 0.15) is 0 Å². The standard InChI is InChI=1S/C20H19BrN4O4/c1-28-11-5-10-24-16-18(22-17(24)14-8-9-15(21)29-14)25(20(27)23-19(16)26)12-13-6-3-2-4-7-13/h2-4,6-9H,5,10-12H2,1H3,(H,23,26,27). The fourth-order valence-corrected chi connectivity index (χ4v) is 3.60. The molecule has 1 N–H and O–H groups in total. The van der Waals surface area contributed by atoms with Crippen molar-refractivity contribution in [3.05, 3.63) is 73.5 Å². The van der Waals surface area contributed by atoms with Crippen LogP contribution >= 0.6 is 15.9 Å². The third-order valence-corrected chi connectivity index (χ3v) is 5.02. The lowest BCUT2D eigenvalue weighted by Crippen LogP contribution is -2.31. The quantitative estimate of drug-likeness (QED) is 0.429. The second kappa shape index (κ2) is 8.22. The summed E-state index contributed by atoms with van der Waals surface area (Å²) in [6.45, 7) is 1.32. The Morgan fingerprint density at radius 3 is 2.62 bits per heavy atom. The zero-order valence-electron chi connectivity index (χ0n) is 15.7. The van der Waals surface area contributed by atoms with Crippen molar-refractivity contribution in [2.45, 2.75) is 19.5 Å². The summed E-state index contributed by atoms with van der Waals surface area (Å²) in [6, 6.07) is 13.1. The van der Waals surface area contributed by atoms with Gasteiger partial charge in [0.05, 0.1) is 6.54 Å². The highest BCUT2D eigenvalue weighted by Crippen LogP contribution is 2.27. The van der Waals surface area contributed by atoms with Crippen LogP contribution in [0.15, 0.2) is 61.1 Å². The van der Waals surface area contributed by atoms with Gasteiger partial charge in [0.15, 0.2) is 27.4 Å². The second-order valence-corrected chi connectivity index (χ2v) is 7.32. The van der Waals surface area contributed by atoms with E-state index in [1.54, 1.807) is 23.8 Å².